The van der Waals surface area contributed by atoms with Crippen LogP contribution in [0.5, 0.6) is 0 Å². The Morgan fingerprint density at radius 2 is 2.00 bits per heavy atom. The van der Waals surface area contributed by atoms with Gasteiger partial charge in [-0.2, -0.15) is 0 Å². The molecular weight excluding hydrogens is 260 g/mol. The van der Waals surface area contributed by atoms with Crippen molar-refractivity contribution in [2.24, 2.45) is 0 Å². The highest BCUT2D eigenvalue weighted by Crippen LogP contribution is 2.19. The fourth-order valence-corrected chi connectivity index (χ4v) is 2.45. The largest absolute Gasteiger partial charge is 0.481 e. The monoisotopic (exact) mass is 278 g/mol. The molecule has 0 aliphatic carbocycles. The lowest BCUT2D eigenvalue weighted by molar-refractivity contribution is -0.146. The first-order chi connectivity index (χ1) is 9.59. The fraction of sp³-hybridized carbons (Fsp3) is 0.429. The molecule has 1 heterocycles. The van der Waals surface area contributed by atoms with E-state index in [2.05, 4.69) is 5.32 Å². The second kappa shape index (κ2) is 6.49. The molecule has 0 saturated carbocycles. The predicted molar refractivity (Wildman–Crippen MR) is 72.7 cm³/mol. The minimum atomic E-state index is -0.932. The average molecular weight is 278 g/mol. The summed E-state index contributed by atoms with van der Waals surface area (Å²) in [7, 11) is 0. The number of hydrogen-bond acceptors (Lipinski definition) is 4. The molecule has 0 spiro atoms. The van der Waals surface area contributed by atoms with Gasteiger partial charge in [0.25, 0.3) is 0 Å². The maximum atomic E-state index is 11.5. The number of piperazine rings is 1. The topological polar surface area (TPSA) is 89.9 Å². The molecule has 6 heteroatoms. The Bertz CT molecular complexity index is 477. The predicted octanol–water partition coefficient (Wildman–Crippen LogP) is 0.213. The van der Waals surface area contributed by atoms with Gasteiger partial charge in [-0.3, -0.25) is 14.5 Å². The van der Waals surface area contributed by atoms with Crippen molar-refractivity contribution in [1.29, 1.82) is 0 Å². The number of rotatable bonds is 5. The third kappa shape index (κ3) is 3.34. The molecule has 2 atom stereocenters. The van der Waals surface area contributed by atoms with E-state index in [4.69, 9.17) is 0 Å². The number of benzene rings is 1. The van der Waals surface area contributed by atoms with E-state index >= 15 is 0 Å². The van der Waals surface area contributed by atoms with E-state index in [1.165, 1.54) is 0 Å². The summed E-state index contributed by atoms with van der Waals surface area (Å²) in [4.78, 5) is 24.4. The van der Waals surface area contributed by atoms with Crippen molar-refractivity contribution in [3.63, 3.8) is 0 Å². The van der Waals surface area contributed by atoms with Crippen LogP contribution >= 0.6 is 0 Å². The van der Waals surface area contributed by atoms with Crippen LogP contribution in [-0.2, 0) is 9.59 Å². The second-order valence-corrected chi connectivity index (χ2v) is 4.85. The second-order valence-electron chi connectivity index (χ2n) is 4.85. The molecule has 2 unspecified atom stereocenters. The van der Waals surface area contributed by atoms with Gasteiger partial charge in [0, 0.05) is 26.2 Å². The summed E-state index contributed by atoms with van der Waals surface area (Å²) >= 11 is 0. The highest BCUT2D eigenvalue weighted by atomic mass is 16.4. The highest BCUT2D eigenvalue weighted by Gasteiger charge is 2.32. The van der Waals surface area contributed by atoms with Gasteiger partial charge in [-0.1, -0.05) is 30.3 Å². The minimum absolute atomic E-state index is 0.206. The molecule has 1 aliphatic heterocycles. The molecule has 0 bridgehead atoms. The van der Waals surface area contributed by atoms with Crippen LogP contribution in [0.3, 0.4) is 0 Å². The first-order valence-corrected chi connectivity index (χ1v) is 6.55. The zero-order valence-electron chi connectivity index (χ0n) is 11.0. The van der Waals surface area contributed by atoms with E-state index in [1.807, 2.05) is 6.07 Å². The average Bonchev–Trinajstić information content (AvgIpc) is 2.45. The number of hydrogen-bond donors (Lipinski definition) is 3. The molecule has 1 aliphatic rings. The number of aliphatic carboxylic acids is 2. The molecule has 0 amide bonds. The van der Waals surface area contributed by atoms with Crippen LogP contribution in [0.25, 0.3) is 0 Å². The summed E-state index contributed by atoms with van der Waals surface area (Å²) in [6, 6.07) is 8.25. The summed E-state index contributed by atoms with van der Waals surface area (Å²) in [5.74, 6) is -2.57. The van der Waals surface area contributed by atoms with Gasteiger partial charge in [0.1, 0.15) is 6.04 Å². The standard InChI is InChI=1S/C14H18N2O4/c17-13(18)11(10-4-2-1-3-5-10)9-16-7-6-15-8-12(16)14(19)20/h1-5,11-12,15H,6-9H2,(H,17,18)(H,19,20). The molecule has 0 radical (unpaired) electrons. The Morgan fingerprint density at radius 3 is 2.60 bits per heavy atom. The summed E-state index contributed by atoms with van der Waals surface area (Å²) in [5, 5.41) is 21.6. The zero-order chi connectivity index (χ0) is 14.5. The Hall–Kier alpha value is -1.92. The third-order valence-corrected chi connectivity index (χ3v) is 3.56. The molecule has 1 aromatic rings. The van der Waals surface area contributed by atoms with E-state index in [1.54, 1.807) is 29.2 Å². The van der Waals surface area contributed by atoms with Crippen LogP contribution in [0, 0.1) is 0 Å². The van der Waals surface area contributed by atoms with Crippen molar-refractivity contribution >= 4 is 11.9 Å². The molecule has 6 nitrogen and oxygen atoms in total. The summed E-state index contributed by atoms with van der Waals surface area (Å²) < 4.78 is 0. The van der Waals surface area contributed by atoms with Gasteiger partial charge in [0.15, 0.2) is 0 Å². The lowest BCUT2D eigenvalue weighted by Gasteiger charge is -2.35. The molecule has 1 saturated heterocycles. The minimum Gasteiger partial charge on any atom is -0.481 e. The highest BCUT2D eigenvalue weighted by molar-refractivity contribution is 5.77. The molecule has 1 aromatic carbocycles. The molecule has 1 fully saturated rings. The van der Waals surface area contributed by atoms with Crippen LogP contribution < -0.4 is 5.32 Å². The van der Waals surface area contributed by atoms with Crippen molar-refractivity contribution in [2.45, 2.75) is 12.0 Å². The normalized spacial score (nSPS) is 21.3. The summed E-state index contributed by atoms with van der Waals surface area (Å²) in [5.41, 5.74) is 0.697. The van der Waals surface area contributed by atoms with Crippen LogP contribution in [0.15, 0.2) is 30.3 Å². The van der Waals surface area contributed by atoms with Crippen LogP contribution in [0.2, 0.25) is 0 Å². The molecular formula is C14H18N2O4. The van der Waals surface area contributed by atoms with E-state index < -0.39 is 23.9 Å². The fourth-order valence-electron chi connectivity index (χ4n) is 2.45. The Kier molecular flexibility index (Phi) is 4.70. The number of nitrogens with one attached hydrogen (secondary N) is 1. The van der Waals surface area contributed by atoms with Crippen molar-refractivity contribution in [1.82, 2.24) is 10.2 Å². The van der Waals surface area contributed by atoms with E-state index in [0.717, 1.165) is 0 Å². The third-order valence-electron chi connectivity index (χ3n) is 3.56. The lowest BCUT2D eigenvalue weighted by atomic mass is 9.97. The summed E-state index contributed by atoms with van der Waals surface area (Å²) in [6.45, 7) is 1.76. The number of carbonyl (C=O) groups is 2. The molecule has 3 N–H and O–H groups in total. The van der Waals surface area contributed by atoms with Gasteiger partial charge in [-0.25, -0.2) is 0 Å². The van der Waals surface area contributed by atoms with Crippen LogP contribution in [0.1, 0.15) is 11.5 Å². The first-order valence-electron chi connectivity index (χ1n) is 6.55. The lowest BCUT2D eigenvalue weighted by Crippen LogP contribution is -2.56. The van der Waals surface area contributed by atoms with Gasteiger partial charge in [0.05, 0.1) is 5.92 Å². The van der Waals surface area contributed by atoms with Crippen molar-refractivity contribution in [3.8, 4) is 0 Å². The molecule has 0 aromatic heterocycles. The van der Waals surface area contributed by atoms with E-state index in [9.17, 15) is 19.8 Å². The van der Waals surface area contributed by atoms with E-state index in [0.29, 0.717) is 25.2 Å². The Morgan fingerprint density at radius 1 is 1.30 bits per heavy atom. The SMILES string of the molecule is O=C(O)C(CN1CCNCC1C(=O)O)c1ccccc1. The van der Waals surface area contributed by atoms with Gasteiger partial charge in [-0.05, 0) is 5.56 Å². The maximum Gasteiger partial charge on any atom is 0.322 e. The number of carboxylic acid groups (broad SMARTS) is 2. The summed E-state index contributed by atoms with van der Waals surface area (Å²) in [6.07, 6.45) is 0. The van der Waals surface area contributed by atoms with Crippen LogP contribution in [0.4, 0.5) is 0 Å². The Balaban J connectivity index is 2.15. The van der Waals surface area contributed by atoms with Crippen LogP contribution in [-0.4, -0.2) is 59.3 Å². The van der Waals surface area contributed by atoms with Crippen molar-refractivity contribution in [2.75, 3.05) is 26.2 Å². The van der Waals surface area contributed by atoms with Gasteiger partial charge < -0.3 is 15.5 Å². The van der Waals surface area contributed by atoms with Crippen molar-refractivity contribution in [3.05, 3.63) is 35.9 Å². The zero-order valence-corrected chi connectivity index (χ0v) is 11.0. The van der Waals surface area contributed by atoms with Gasteiger partial charge in [0.2, 0.25) is 0 Å². The van der Waals surface area contributed by atoms with E-state index in [-0.39, 0.29) is 6.54 Å². The number of nitrogens with zero attached hydrogens (tertiary/aromatic N) is 1. The molecule has 108 valence electrons. The maximum absolute atomic E-state index is 11.5. The molecule has 2 rings (SSSR count). The van der Waals surface area contributed by atoms with Crippen molar-refractivity contribution < 1.29 is 19.8 Å². The first kappa shape index (κ1) is 14.5. The quantitative estimate of drug-likeness (QED) is 0.713. The smallest absolute Gasteiger partial charge is 0.322 e. The van der Waals surface area contributed by atoms with Gasteiger partial charge in [-0.15, -0.1) is 0 Å². The molecule has 20 heavy (non-hydrogen) atoms. The van der Waals surface area contributed by atoms with Gasteiger partial charge >= 0.3 is 11.9 Å². The Labute approximate surface area is 117 Å². The number of carboxylic acids is 2.